The van der Waals surface area contributed by atoms with Gasteiger partial charge in [0, 0.05) is 15.7 Å². The molecule has 0 spiro atoms. The van der Waals surface area contributed by atoms with E-state index >= 15 is 0 Å². The summed E-state index contributed by atoms with van der Waals surface area (Å²) in [6, 6.07) is 33.7. The van der Waals surface area contributed by atoms with Crippen molar-refractivity contribution in [1.82, 2.24) is 24.3 Å². The van der Waals surface area contributed by atoms with Gasteiger partial charge in [-0.3, -0.25) is 13.9 Å². The highest BCUT2D eigenvalue weighted by Crippen LogP contribution is 2.31. The number of nitrogens with zero attached hydrogens (tertiary/aromatic N) is 5. The Morgan fingerprint density at radius 2 is 1.54 bits per heavy atom. The van der Waals surface area contributed by atoms with E-state index in [1.165, 1.54) is 17.3 Å². The van der Waals surface area contributed by atoms with E-state index in [4.69, 9.17) is 4.98 Å². The van der Waals surface area contributed by atoms with Gasteiger partial charge in [0.25, 0.3) is 5.56 Å². The molecule has 0 N–H and O–H groups in total. The van der Waals surface area contributed by atoms with Gasteiger partial charge in [0.05, 0.1) is 22.3 Å². The van der Waals surface area contributed by atoms with E-state index in [2.05, 4.69) is 45.2 Å². The van der Waals surface area contributed by atoms with Crippen molar-refractivity contribution in [3.05, 3.63) is 129 Å². The summed E-state index contributed by atoms with van der Waals surface area (Å²) in [4.78, 5) is 18.6. The van der Waals surface area contributed by atoms with Crippen LogP contribution >= 0.6 is 27.7 Å². The van der Waals surface area contributed by atoms with Crippen molar-refractivity contribution in [2.45, 2.75) is 24.3 Å². The average Bonchev–Trinajstić information content (AvgIpc) is 3.41. The number of fused-ring (bicyclic) bond motifs is 1. The van der Waals surface area contributed by atoms with Gasteiger partial charge < -0.3 is 0 Å². The second kappa shape index (κ2) is 11.0. The van der Waals surface area contributed by atoms with Crippen LogP contribution in [0.1, 0.15) is 18.3 Å². The first-order valence-corrected chi connectivity index (χ1v) is 14.4. The number of aromatic nitrogens is 5. The van der Waals surface area contributed by atoms with Gasteiger partial charge in [-0.15, -0.1) is 10.2 Å². The summed E-state index contributed by atoms with van der Waals surface area (Å²) in [6.07, 6.45) is 0.934. The molecule has 0 bridgehead atoms. The molecule has 6 rings (SSSR count). The van der Waals surface area contributed by atoms with Crippen LogP contribution < -0.4 is 5.56 Å². The summed E-state index contributed by atoms with van der Waals surface area (Å²) in [5.41, 5.74) is 4.51. The highest BCUT2D eigenvalue weighted by Gasteiger charge is 2.19. The number of benzene rings is 4. The summed E-state index contributed by atoms with van der Waals surface area (Å²) >= 11 is 5.07. The second-order valence-electron chi connectivity index (χ2n) is 8.98. The molecule has 0 unspecified atom stereocenters. The molecule has 4 aromatic carbocycles. The molecule has 0 fully saturated rings. The largest absolute Gasteiger partial charge is 0.270 e. The van der Waals surface area contributed by atoms with Crippen molar-refractivity contribution in [3.63, 3.8) is 0 Å². The maximum absolute atomic E-state index is 13.7. The molecular weight excluding hydrogens is 570 g/mol. The van der Waals surface area contributed by atoms with Crippen LogP contribution in [-0.2, 0) is 12.2 Å². The molecule has 0 atom stereocenters. The zero-order chi connectivity index (χ0) is 26.8. The first kappa shape index (κ1) is 25.3. The van der Waals surface area contributed by atoms with Crippen LogP contribution in [0.4, 0.5) is 0 Å². The zero-order valence-corrected chi connectivity index (χ0v) is 23.6. The van der Waals surface area contributed by atoms with Crippen LogP contribution in [0.3, 0.4) is 0 Å². The average molecular weight is 595 g/mol. The summed E-state index contributed by atoms with van der Waals surface area (Å²) in [6.45, 7) is 2.12. The molecule has 2 aromatic heterocycles. The summed E-state index contributed by atoms with van der Waals surface area (Å²) < 4.78 is 4.73. The van der Waals surface area contributed by atoms with E-state index in [1.807, 2.05) is 95.6 Å². The van der Waals surface area contributed by atoms with Gasteiger partial charge in [0.15, 0.2) is 11.0 Å². The van der Waals surface area contributed by atoms with Crippen LogP contribution in [0.5, 0.6) is 0 Å². The lowest BCUT2D eigenvalue weighted by Gasteiger charge is -2.15. The number of halogens is 1. The van der Waals surface area contributed by atoms with Gasteiger partial charge in [-0.05, 0) is 60.5 Å². The quantitative estimate of drug-likeness (QED) is 0.182. The highest BCUT2D eigenvalue weighted by atomic mass is 79.9. The minimum absolute atomic E-state index is 0.0835. The minimum Gasteiger partial charge on any atom is -0.270 e. The van der Waals surface area contributed by atoms with Crippen molar-refractivity contribution < 1.29 is 0 Å². The topological polar surface area (TPSA) is 65.6 Å². The first-order chi connectivity index (χ1) is 19.1. The van der Waals surface area contributed by atoms with Crippen LogP contribution in [0.25, 0.3) is 33.7 Å². The third-order valence-corrected chi connectivity index (χ3v) is 7.93. The lowest BCUT2D eigenvalue weighted by molar-refractivity contribution is 0.864. The van der Waals surface area contributed by atoms with Crippen molar-refractivity contribution in [2.75, 3.05) is 0 Å². The van der Waals surface area contributed by atoms with E-state index in [0.29, 0.717) is 27.6 Å². The Labute approximate surface area is 238 Å². The van der Waals surface area contributed by atoms with E-state index in [9.17, 15) is 4.79 Å². The molecule has 2 heterocycles. The van der Waals surface area contributed by atoms with Crippen LogP contribution in [0, 0.1) is 0 Å². The van der Waals surface area contributed by atoms with E-state index in [1.54, 1.807) is 4.57 Å². The molecule has 0 saturated heterocycles. The fourth-order valence-corrected chi connectivity index (χ4v) is 5.81. The van der Waals surface area contributed by atoms with Gasteiger partial charge in [-0.2, -0.15) is 0 Å². The number of para-hydroxylation sites is 2. The second-order valence-corrected chi connectivity index (χ2v) is 10.8. The summed E-state index contributed by atoms with van der Waals surface area (Å²) in [7, 11) is 0. The molecule has 0 radical (unpaired) electrons. The Kier molecular flexibility index (Phi) is 7.13. The molecule has 0 aliphatic heterocycles. The first-order valence-electron chi connectivity index (χ1n) is 12.6. The van der Waals surface area contributed by atoms with Gasteiger partial charge in [-0.25, -0.2) is 4.98 Å². The molecule has 8 heteroatoms. The van der Waals surface area contributed by atoms with Gasteiger partial charge >= 0.3 is 0 Å². The predicted molar refractivity (Wildman–Crippen MR) is 161 cm³/mol. The van der Waals surface area contributed by atoms with E-state index in [-0.39, 0.29) is 5.56 Å². The molecule has 6 nitrogen and oxygen atoms in total. The summed E-state index contributed by atoms with van der Waals surface area (Å²) in [5.74, 6) is 1.82. The molecule has 0 aliphatic carbocycles. The molecule has 6 aromatic rings. The fraction of sp³-hybridized carbons (Fsp3) is 0.0968. The van der Waals surface area contributed by atoms with Crippen molar-refractivity contribution in [1.29, 1.82) is 0 Å². The van der Waals surface area contributed by atoms with Crippen molar-refractivity contribution in [2.24, 2.45) is 0 Å². The number of hydrogen-bond acceptors (Lipinski definition) is 5. The molecule has 0 aliphatic rings. The predicted octanol–water partition coefficient (Wildman–Crippen LogP) is 7.25. The van der Waals surface area contributed by atoms with Crippen molar-refractivity contribution >= 4 is 38.6 Å². The number of rotatable bonds is 7. The van der Waals surface area contributed by atoms with Gasteiger partial charge in [0.2, 0.25) is 0 Å². The standard InChI is InChI=1S/C31H24BrN5OS/c1-2-21-15-17-25(18-16-21)36-28(33-27-14-7-6-13-26(27)30(36)38)20-39-31-35-34-29(22-9-8-10-23(32)19-22)37(31)24-11-4-3-5-12-24/h3-19H,2,20H2,1H3. The Bertz CT molecular complexity index is 1830. The Hall–Kier alpha value is -4.01. The molecule has 192 valence electrons. The fourth-order valence-electron chi connectivity index (χ4n) is 4.54. The maximum Gasteiger partial charge on any atom is 0.265 e. The highest BCUT2D eigenvalue weighted by molar-refractivity contribution is 9.10. The Morgan fingerprint density at radius 1 is 0.795 bits per heavy atom. The monoisotopic (exact) mass is 593 g/mol. The Morgan fingerprint density at radius 3 is 2.31 bits per heavy atom. The number of thioether (sulfide) groups is 1. The Balaban J connectivity index is 1.45. The number of aryl methyl sites for hydroxylation is 1. The molecule has 0 saturated carbocycles. The van der Waals surface area contributed by atoms with Crippen LogP contribution in [0.2, 0.25) is 0 Å². The summed E-state index contributed by atoms with van der Waals surface area (Å²) in [5, 5.41) is 10.4. The third-order valence-electron chi connectivity index (χ3n) is 6.51. The lowest BCUT2D eigenvalue weighted by Crippen LogP contribution is -2.23. The van der Waals surface area contributed by atoms with Crippen LogP contribution in [-0.4, -0.2) is 24.3 Å². The van der Waals surface area contributed by atoms with Crippen LogP contribution in [0.15, 0.2) is 118 Å². The van der Waals surface area contributed by atoms with E-state index in [0.717, 1.165) is 33.7 Å². The molecular formula is C31H24BrN5OS. The zero-order valence-electron chi connectivity index (χ0n) is 21.2. The van der Waals surface area contributed by atoms with Crippen molar-refractivity contribution in [3.8, 4) is 22.8 Å². The SMILES string of the molecule is CCc1ccc(-n2c(CSc3nnc(-c4cccc(Br)c4)n3-c3ccccc3)nc3ccccc3c2=O)cc1. The number of hydrogen-bond donors (Lipinski definition) is 0. The smallest absolute Gasteiger partial charge is 0.265 e. The normalized spacial score (nSPS) is 11.2. The molecule has 39 heavy (non-hydrogen) atoms. The third kappa shape index (κ3) is 5.05. The lowest BCUT2D eigenvalue weighted by atomic mass is 10.1. The van der Waals surface area contributed by atoms with E-state index < -0.39 is 0 Å². The van der Waals surface area contributed by atoms with Gasteiger partial charge in [-0.1, -0.05) is 89.2 Å². The minimum atomic E-state index is -0.0835. The van der Waals surface area contributed by atoms with Gasteiger partial charge in [0.1, 0.15) is 5.82 Å². The molecule has 0 amide bonds. The maximum atomic E-state index is 13.7.